The van der Waals surface area contributed by atoms with Gasteiger partial charge < -0.3 is 14.0 Å². The number of sulfonamides is 1. The molecule has 1 fully saturated rings. The molecule has 194 valence electrons. The SMILES string of the molecule is CC(C)Oc1ccc(S(=O)(=O)N2CCC(c3cn(CC(=O)OC(C)(C)C)c4cc(Br)ccc34)C2)cc1. The second-order valence-corrected chi connectivity index (χ2v) is 13.3. The number of carbonyl (C=O) groups excluding carboxylic acids is 1. The molecule has 0 saturated carbocycles. The van der Waals surface area contributed by atoms with Gasteiger partial charge in [-0.25, -0.2) is 8.42 Å². The predicted molar refractivity (Wildman–Crippen MR) is 144 cm³/mol. The zero-order valence-electron chi connectivity index (χ0n) is 21.3. The quantitative estimate of drug-likeness (QED) is 0.336. The maximum atomic E-state index is 13.3. The van der Waals surface area contributed by atoms with Gasteiger partial charge in [0.05, 0.1) is 11.0 Å². The fourth-order valence-corrected chi connectivity index (χ4v) is 6.42. The zero-order valence-corrected chi connectivity index (χ0v) is 23.7. The molecular formula is C27H33BrN2O5S. The summed E-state index contributed by atoms with van der Waals surface area (Å²) < 4.78 is 42.2. The van der Waals surface area contributed by atoms with Crippen molar-refractivity contribution in [1.29, 1.82) is 0 Å². The van der Waals surface area contributed by atoms with Crippen molar-refractivity contribution in [3.8, 4) is 5.75 Å². The third-order valence-electron chi connectivity index (χ3n) is 6.02. The maximum Gasteiger partial charge on any atom is 0.326 e. The van der Waals surface area contributed by atoms with Gasteiger partial charge in [0.15, 0.2) is 0 Å². The molecule has 1 saturated heterocycles. The Morgan fingerprint density at radius 2 is 1.83 bits per heavy atom. The zero-order chi connectivity index (χ0) is 26.3. The number of carbonyl (C=O) groups is 1. The first-order valence-electron chi connectivity index (χ1n) is 12.1. The summed E-state index contributed by atoms with van der Waals surface area (Å²) in [6, 6.07) is 12.6. The van der Waals surface area contributed by atoms with Crippen LogP contribution in [-0.4, -0.2) is 48.1 Å². The lowest BCUT2D eigenvalue weighted by Crippen LogP contribution is -2.28. The number of rotatable bonds is 7. The number of hydrogen-bond acceptors (Lipinski definition) is 5. The Hall–Kier alpha value is -2.36. The summed E-state index contributed by atoms with van der Waals surface area (Å²) in [6.07, 6.45) is 2.69. The van der Waals surface area contributed by atoms with Gasteiger partial charge in [0.1, 0.15) is 17.9 Å². The van der Waals surface area contributed by atoms with Crippen molar-refractivity contribution in [2.45, 2.75) is 70.1 Å². The molecule has 0 spiro atoms. The van der Waals surface area contributed by atoms with Crippen LogP contribution in [0.4, 0.5) is 0 Å². The lowest BCUT2D eigenvalue weighted by molar-refractivity contribution is -0.155. The lowest BCUT2D eigenvalue weighted by atomic mass is 9.98. The number of nitrogens with zero attached hydrogens (tertiary/aromatic N) is 2. The monoisotopic (exact) mass is 576 g/mol. The predicted octanol–water partition coefficient (Wildman–Crippen LogP) is 5.71. The number of esters is 1. The number of fused-ring (bicyclic) bond motifs is 1. The first-order valence-corrected chi connectivity index (χ1v) is 14.3. The molecule has 1 aliphatic rings. The van der Waals surface area contributed by atoms with Crippen LogP contribution in [0.5, 0.6) is 5.75 Å². The Kier molecular flexibility index (Phi) is 7.55. The molecule has 2 heterocycles. The Morgan fingerprint density at radius 1 is 1.14 bits per heavy atom. The molecule has 1 atom stereocenters. The van der Waals surface area contributed by atoms with Gasteiger partial charge in [-0.05, 0) is 83.0 Å². The molecule has 1 unspecified atom stereocenters. The highest BCUT2D eigenvalue weighted by molar-refractivity contribution is 9.10. The molecule has 3 aromatic rings. The van der Waals surface area contributed by atoms with Gasteiger partial charge in [-0.15, -0.1) is 0 Å². The topological polar surface area (TPSA) is 77.8 Å². The van der Waals surface area contributed by atoms with E-state index in [9.17, 15) is 13.2 Å². The molecule has 4 rings (SSSR count). The second kappa shape index (κ2) is 10.2. The normalized spacial score (nSPS) is 17.1. The summed E-state index contributed by atoms with van der Waals surface area (Å²) in [5, 5.41) is 1.01. The molecule has 0 radical (unpaired) electrons. The van der Waals surface area contributed by atoms with Crippen LogP contribution in [0.25, 0.3) is 10.9 Å². The number of aromatic nitrogens is 1. The highest BCUT2D eigenvalue weighted by Gasteiger charge is 2.34. The van der Waals surface area contributed by atoms with Crippen molar-refractivity contribution in [1.82, 2.24) is 8.87 Å². The van der Waals surface area contributed by atoms with Crippen molar-refractivity contribution in [2.24, 2.45) is 0 Å². The molecule has 7 nitrogen and oxygen atoms in total. The molecule has 9 heteroatoms. The van der Waals surface area contributed by atoms with Crippen LogP contribution in [0.1, 0.15) is 52.5 Å². The number of hydrogen-bond donors (Lipinski definition) is 0. The summed E-state index contributed by atoms with van der Waals surface area (Å²) in [5.74, 6) is 0.352. The van der Waals surface area contributed by atoms with Crippen molar-refractivity contribution < 1.29 is 22.7 Å². The van der Waals surface area contributed by atoms with Crippen molar-refractivity contribution in [3.05, 3.63) is 58.7 Å². The van der Waals surface area contributed by atoms with Crippen LogP contribution in [0.2, 0.25) is 0 Å². The number of ether oxygens (including phenoxy) is 2. The minimum Gasteiger partial charge on any atom is -0.491 e. The standard InChI is InChI=1S/C27H33BrN2O5S/c1-18(2)34-21-7-9-22(10-8-21)36(32,33)30-13-12-19(15-30)24-16-29(17-26(31)35-27(3,4)5)25-14-20(28)6-11-23(24)25/h6-11,14,16,18-19H,12-13,15,17H2,1-5H3. The smallest absolute Gasteiger partial charge is 0.326 e. The van der Waals surface area contributed by atoms with E-state index in [1.54, 1.807) is 28.6 Å². The summed E-state index contributed by atoms with van der Waals surface area (Å²) in [4.78, 5) is 12.8. The van der Waals surface area contributed by atoms with Gasteiger partial charge in [-0.2, -0.15) is 4.31 Å². The van der Waals surface area contributed by atoms with E-state index >= 15 is 0 Å². The molecule has 0 aliphatic carbocycles. The molecule has 36 heavy (non-hydrogen) atoms. The summed E-state index contributed by atoms with van der Waals surface area (Å²) >= 11 is 3.53. The molecular weight excluding hydrogens is 544 g/mol. The van der Waals surface area contributed by atoms with Gasteiger partial charge in [0.25, 0.3) is 0 Å². The molecule has 0 N–H and O–H groups in total. The fraction of sp³-hybridized carbons (Fsp3) is 0.444. The Balaban J connectivity index is 1.57. The van der Waals surface area contributed by atoms with Crippen LogP contribution >= 0.6 is 15.9 Å². The highest BCUT2D eigenvalue weighted by Crippen LogP contribution is 2.37. The summed E-state index contributed by atoms with van der Waals surface area (Å²) in [7, 11) is -3.63. The van der Waals surface area contributed by atoms with Crippen LogP contribution in [0.15, 0.2) is 58.0 Å². The summed E-state index contributed by atoms with van der Waals surface area (Å²) in [5.41, 5.74) is 1.38. The highest BCUT2D eigenvalue weighted by atomic mass is 79.9. The molecule has 0 bridgehead atoms. The average Bonchev–Trinajstić information content (AvgIpc) is 3.38. The van der Waals surface area contributed by atoms with Gasteiger partial charge in [0, 0.05) is 40.6 Å². The van der Waals surface area contributed by atoms with Gasteiger partial charge >= 0.3 is 5.97 Å². The van der Waals surface area contributed by atoms with E-state index in [4.69, 9.17) is 9.47 Å². The first-order chi connectivity index (χ1) is 16.8. The first kappa shape index (κ1) is 26.7. The van der Waals surface area contributed by atoms with Crippen molar-refractivity contribution >= 4 is 42.8 Å². The average molecular weight is 578 g/mol. The molecule has 1 aromatic heterocycles. The van der Waals surface area contributed by atoms with E-state index in [0.717, 1.165) is 20.9 Å². The Bertz CT molecular complexity index is 1360. The molecule has 0 amide bonds. The van der Waals surface area contributed by atoms with E-state index in [-0.39, 0.29) is 29.4 Å². The third-order valence-corrected chi connectivity index (χ3v) is 8.39. The summed E-state index contributed by atoms with van der Waals surface area (Å²) in [6.45, 7) is 10.3. The van der Waals surface area contributed by atoms with E-state index < -0.39 is 15.6 Å². The van der Waals surface area contributed by atoms with E-state index in [1.165, 1.54) is 0 Å². The fourth-order valence-electron chi connectivity index (χ4n) is 4.57. The Labute approximate surface area is 221 Å². The van der Waals surface area contributed by atoms with E-state index in [2.05, 4.69) is 15.9 Å². The largest absolute Gasteiger partial charge is 0.491 e. The second-order valence-electron chi connectivity index (χ2n) is 10.4. The number of halogens is 1. The minimum absolute atomic E-state index is 0.0184. The number of benzene rings is 2. The molecule has 1 aliphatic heterocycles. The van der Waals surface area contributed by atoms with Crippen LogP contribution in [-0.2, 0) is 26.1 Å². The van der Waals surface area contributed by atoms with Crippen LogP contribution in [0.3, 0.4) is 0 Å². The third kappa shape index (κ3) is 5.95. The van der Waals surface area contributed by atoms with E-state index in [1.807, 2.05) is 63.6 Å². The van der Waals surface area contributed by atoms with Crippen molar-refractivity contribution in [2.75, 3.05) is 13.1 Å². The van der Waals surface area contributed by atoms with Crippen molar-refractivity contribution in [3.63, 3.8) is 0 Å². The maximum absolute atomic E-state index is 13.3. The van der Waals surface area contributed by atoms with Gasteiger partial charge in [0.2, 0.25) is 10.0 Å². The van der Waals surface area contributed by atoms with Crippen LogP contribution in [0, 0.1) is 0 Å². The van der Waals surface area contributed by atoms with Crippen LogP contribution < -0.4 is 4.74 Å². The Morgan fingerprint density at radius 3 is 2.47 bits per heavy atom. The molecule has 2 aromatic carbocycles. The van der Waals surface area contributed by atoms with Gasteiger partial charge in [-0.3, -0.25) is 4.79 Å². The minimum atomic E-state index is -3.63. The van der Waals surface area contributed by atoms with E-state index in [0.29, 0.717) is 25.3 Å². The lowest BCUT2D eigenvalue weighted by Gasteiger charge is -2.19. The van der Waals surface area contributed by atoms with Gasteiger partial charge in [-0.1, -0.05) is 22.0 Å².